The van der Waals surface area contributed by atoms with Crippen molar-refractivity contribution in [1.82, 2.24) is 10.9 Å². The second-order valence-electron chi connectivity index (χ2n) is 6.02. The van der Waals surface area contributed by atoms with Gasteiger partial charge in [-0.05, 0) is 48.2 Å². The maximum Gasteiger partial charge on any atom is 0.263 e. The highest BCUT2D eigenvalue weighted by Crippen LogP contribution is 2.27. The van der Waals surface area contributed by atoms with Crippen molar-refractivity contribution in [2.45, 2.75) is 32.7 Å². The van der Waals surface area contributed by atoms with E-state index in [1.165, 1.54) is 16.3 Å². The third kappa shape index (κ3) is 2.45. The minimum atomic E-state index is -0.360. The van der Waals surface area contributed by atoms with Gasteiger partial charge >= 0.3 is 0 Å². The van der Waals surface area contributed by atoms with E-state index in [4.69, 9.17) is 0 Å². The van der Waals surface area contributed by atoms with E-state index in [1.54, 1.807) is 0 Å². The lowest BCUT2D eigenvalue weighted by Crippen LogP contribution is -2.38. The highest BCUT2D eigenvalue weighted by Gasteiger charge is 2.34. The van der Waals surface area contributed by atoms with Crippen molar-refractivity contribution < 1.29 is 4.79 Å². The Hall–Kier alpha value is -2.13. The first-order valence-electron chi connectivity index (χ1n) is 7.32. The van der Waals surface area contributed by atoms with Crippen LogP contribution in [0.3, 0.4) is 0 Å². The normalized spacial score (nSPS) is 19.2. The van der Waals surface area contributed by atoms with Gasteiger partial charge in [0.2, 0.25) is 0 Å². The van der Waals surface area contributed by atoms with E-state index in [2.05, 4.69) is 48.1 Å². The maximum absolute atomic E-state index is 12.0. The molecule has 3 nitrogen and oxygen atoms in total. The van der Waals surface area contributed by atoms with Crippen molar-refractivity contribution in [1.29, 1.82) is 0 Å². The Labute approximate surface area is 125 Å². The molecule has 108 valence electrons. The van der Waals surface area contributed by atoms with E-state index >= 15 is 0 Å². The molecular formula is C18H20N2O. The van der Waals surface area contributed by atoms with Crippen LogP contribution in [0.4, 0.5) is 0 Å². The van der Waals surface area contributed by atoms with Crippen molar-refractivity contribution in [3.8, 4) is 0 Å². The fourth-order valence-electron chi connectivity index (χ4n) is 2.72. The quantitative estimate of drug-likeness (QED) is 0.829. The van der Waals surface area contributed by atoms with E-state index in [-0.39, 0.29) is 11.4 Å². The molecule has 0 aliphatic carbocycles. The van der Waals surface area contributed by atoms with Gasteiger partial charge in [-0.2, -0.15) is 0 Å². The summed E-state index contributed by atoms with van der Waals surface area (Å²) >= 11 is 0. The molecule has 21 heavy (non-hydrogen) atoms. The lowest BCUT2D eigenvalue weighted by atomic mass is 9.92. The largest absolute Gasteiger partial charge is 0.287 e. The standard InChI is InChI=1S/C18H20N2O/c1-4-12-8-9-13-6-5-7-14(15(13)10-12)11-16-17(21)19-20-18(16,2)3/h5-11,20H,4H2,1-3H3,(H,19,21)/b16-11+. The molecule has 0 unspecified atom stereocenters. The van der Waals surface area contributed by atoms with Gasteiger partial charge in [-0.3, -0.25) is 10.2 Å². The Morgan fingerprint density at radius 2 is 2.00 bits per heavy atom. The van der Waals surface area contributed by atoms with E-state index in [1.807, 2.05) is 26.0 Å². The summed E-state index contributed by atoms with van der Waals surface area (Å²) in [7, 11) is 0. The van der Waals surface area contributed by atoms with Gasteiger partial charge in [-0.25, -0.2) is 5.43 Å². The van der Waals surface area contributed by atoms with E-state index in [0.29, 0.717) is 0 Å². The van der Waals surface area contributed by atoms with Crippen LogP contribution in [0.5, 0.6) is 0 Å². The molecule has 3 rings (SSSR count). The molecule has 3 heteroatoms. The summed E-state index contributed by atoms with van der Waals surface area (Å²) in [5.74, 6) is -0.0522. The van der Waals surface area contributed by atoms with Crippen LogP contribution in [-0.4, -0.2) is 11.4 Å². The molecule has 1 heterocycles. The summed E-state index contributed by atoms with van der Waals surface area (Å²) in [6, 6.07) is 12.7. The number of carbonyl (C=O) groups is 1. The zero-order valence-corrected chi connectivity index (χ0v) is 12.7. The lowest BCUT2D eigenvalue weighted by Gasteiger charge is -2.17. The number of carbonyl (C=O) groups excluding carboxylic acids is 1. The van der Waals surface area contributed by atoms with Crippen LogP contribution in [0.2, 0.25) is 0 Å². The Morgan fingerprint density at radius 1 is 1.19 bits per heavy atom. The Balaban J connectivity index is 2.18. The number of rotatable bonds is 2. The van der Waals surface area contributed by atoms with Crippen molar-refractivity contribution in [2.24, 2.45) is 0 Å². The molecule has 0 atom stereocenters. The molecule has 2 aromatic carbocycles. The molecule has 2 N–H and O–H groups in total. The fraction of sp³-hybridized carbons (Fsp3) is 0.278. The van der Waals surface area contributed by atoms with Crippen molar-refractivity contribution in [3.05, 3.63) is 53.1 Å². The van der Waals surface area contributed by atoms with E-state index < -0.39 is 0 Å². The number of hydrogen-bond acceptors (Lipinski definition) is 2. The van der Waals surface area contributed by atoms with Crippen LogP contribution in [0.15, 0.2) is 42.0 Å². The molecule has 0 bridgehead atoms. The molecule has 0 saturated carbocycles. The summed E-state index contributed by atoms with van der Waals surface area (Å²) < 4.78 is 0. The molecule has 1 saturated heterocycles. The summed E-state index contributed by atoms with van der Waals surface area (Å²) in [6.07, 6.45) is 3.01. The summed E-state index contributed by atoms with van der Waals surface area (Å²) in [6.45, 7) is 6.15. The van der Waals surface area contributed by atoms with Crippen LogP contribution in [0.25, 0.3) is 16.8 Å². The summed E-state index contributed by atoms with van der Waals surface area (Å²) in [5.41, 5.74) is 8.51. The molecule has 1 fully saturated rings. The minimum Gasteiger partial charge on any atom is -0.287 e. The van der Waals surface area contributed by atoms with Crippen LogP contribution >= 0.6 is 0 Å². The van der Waals surface area contributed by atoms with Crippen molar-refractivity contribution in [2.75, 3.05) is 0 Å². The van der Waals surface area contributed by atoms with Gasteiger partial charge in [0.15, 0.2) is 0 Å². The van der Waals surface area contributed by atoms with Gasteiger partial charge in [0.1, 0.15) is 0 Å². The number of hydrazine groups is 1. The second kappa shape index (κ2) is 5.01. The average Bonchev–Trinajstić information content (AvgIpc) is 2.74. The highest BCUT2D eigenvalue weighted by atomic mass is 16.2. The SMILES string of the molecule is CCc1ccc2cccc(/C=C3\C(=O)NNC3(C)C)c2c1. The topological polar surface area (TPSA) is 41.1 Å². The molecule has 0 radical (unpaired) electrons. The molecule has 1 aliphatic heterocycles. The third-order valence-corrected chi connectivity index (χ3v) is 4.09. The number of nitrogens with one attached hydrogen (secondary N) is 2. The number of benzene rings is 2. The van der Waals surface area contributed by atoms with Gasteiger partial charge < -0.3 is 0 Å². The van der Waals surface area contributed by atoms with Gasteiger partial charge in [-0.15, -0.1) is 0 Å². The summed E-state index contributed by atoms with van der Waals surface area (Å²) in [5, 5.41) is 2.39. The Morgan fingerprint density at radius 3 is 2.67 bits per heavy atom. The van der Waals surface area contributed by atoms with E-state index in [0.717, 1.165) is 17.6 Å². The van der Waals surface area contributed by atoms with Gasteiger partial charge in [-0.1, -0.05) is 43.3 Å². The van der Waals surface area contributed by atoms with Crippen molar-refractivity contribution >= 4 is 22.8 Å². The highest BCUT2D eigenvalue weighted by molar-refractivity contribution is 6.04. The van der Waals surface area contributed by atoms with Gasteiger partial charge in [0.25, 0.3) is 5.91 Å². The molecule has 0 spiro atoms. The van der Waals surface area contributed by atoms with Crippen LogP contribution in [0, 0.1) is 0 Å². The second-order valence-corrected chi connectivity index (χ2v) is 6.02. The minimum absolute atomic E-state index is 0.0522. The van der Waals surface area contributed by atoms with Crippen molar-refractivity contribution in [3.63, 3.8) is 0 Å². The first-order valence-corrected chi connectivity index (χ1v) is 7.32. The molecule has 0 aromatic heterocycles. The molecule has 1 amide bonds. The van der Waals surface area contributed by atoms with Crippen LogP contribution in [-0.2, 0) is 11.2 Å². The smallest absolute Gasteiger partial charge is 0.263 e. The zero-order chi connectivity index (χ0) is 15.0. The first kappa shape index (κ1) is 13.8. The Bertz CT molecular complexity index is 744. The number of hydrogen-bond donors (Lipinski definition) is 2. The number of amides is 1. The predicted molar refractivity (Wildman–Crippen MR) is 86.7 cm³/mol. The fourth-order valence-corrected chi connectivity index (χ4v) is 2.72. The number of fused-ring (bicyclic) bond motifs is 1. The molecule has 2 aromatic rings. The monoisotopic (exact) mass is 280 g/mol. The van der Waals surface area contributed by atoms with Crippen LogP contribution < -0.4 is 10.9 Å². The zero-order valence-electron chi connectivity index (χ0n) is 12.7. The van der Waals surface area contributed by atoms with Crippen LogP contribution in [0.1, 0.15) is 31.9 Å². The molecule has 1 aliphatic rings. The lowest BCUT2D eigenvalue weighted by molar-refractivity contribution is -0.116. The third-order valence-electron chi connectivity index (χ3n) is 4.09. The first-order chi connectivity index (χ1) is 10.0. The Kier molecular flexibility index (Phi) is 3.30. The van der Waals surface area contributed by atoms with E-state index in [9.17, 15) is 4.79 Å². The van der Waals surface area contributed by atoms with Gasteiger partial charge in [0, 0.05) is 5.57 Å². The predicted octanol–water partition coefficient (Wildman–Crippen LogP) is 3.20. The maximum atomic E-state index is 12.0. The summed E-state index contributed by atoms with van der Waals surface area (Å²) in [4.78, 5) is 12.0. The number of aryl methyl sites for hydroxylation is 1. The average molecular weight is 280 g/mol. The molecular weight excluding hydrogens is 260 g/mol. The van der Waals surface area contributed by atoms with Gasteiger partial charge in [0.05, 0.1) is 5.54 Å².